The van der Waals surface area contributed by atoms with E-state index in [-0.39, 0.29) is 30.9 Å². The number of rotatable bonds is 14. The first-order valence-corrected chi connectivity index (χ1v) is 18.5. The number of hydrogen-bond acceptors (Lipinski definition) is 8. The first-order valence-electron chi connectivity index (χ1n) is 18.5. The average Bonchev–Trinajstić information content (AvgIpc) is 3.61. The third-order valence-corrected chi connectivity index (χ3v) is 9.28. The van der Waals surface area contributed by atoms with Gasteiger partial charge in [-0.25, -0.2) is 9.78 Å². The van der Waals surface area contributed by atoms with Gasteiger partial charge in [0.25, 0.3) is 5.91 Å². The fourth-order valence-electron chi connectivity index (χ4n) is 6.43. The number of imidazole rings is 1. The number of nitrogens with zero attached hydrogens (tertiary/aromatic N) is 3. The fraction of sp³-hybridized carbons (Fsp3) is 0.405. The molecule has 3 aromatic carbocycles. The van der Waals surface area contributed by atoms with Gasteiger partial charge in [-0.15, -0.1) is 0 Å². The molecule has 13 nitrogen and oxygen atoms in total. The Labute approximate surface area is 322 Å². The topological polar surface area (TPSA) is 153 Å². The third-order valence-electron chi connectivity index (χ3n) is 9.28. The lowest BCUT2D eigenvalue weighted by atomic mass is 9.88. The Bertz CT molecular complexity index is 1900. The molecule has 0 spiro atoms. The quantitative estimate of drug-likeness (QED) is 0.146. The molecule has 1 aromatic heterocycles. The summed E-state index contributed by atoms with van der Waals surface area (Å²) in [6, 6.07) is 25.0. The molecule has 5 rings (SSSR count). The number of hydrogen-bond donors (Lipinski definition) is 3. The second-order valence-electron chi connectivity index (χ2n) is 15.1. The number of carbonyl (C=O) groups excluding carboxylic acids is 4. The molecule has 2 unspecified atom stereocenters. The van der Waals surface area contributed by atoms with Crippen LogP contribution in [0.5, 0.6) is 5.75 Å². The van der Waals surface area contributed by atoms with E-state index in [1.807, 2.05) is 83.8 Å². The molecule has 1 fully saturated rings. The van der Waals surface area contributed by atoms with Gasteiger partial charge in [0, 0.05) is 19.3 Å². The molecule has 0 saturated carbocycles. The highest BCUT2D eigenvalue weighted by molar-refractivity contribution is 5.98. The number of nitrogens with one attached hydrogen (secondary N) is 3. The summed E-state index contributed by atoms with van der Waals surface area (Å²) < 4.78 is 18.5. The molecule has 1 aliphatic heterocycles. The second-order valence-corrected chi connectivity index (χ2v) is 15.1. The Morgan fingerprint density at radius 3 is 2.16 bits per heavy atom. The Morgan fingerprint density at radius 1 is 0.873 bits per heavy atom. The number of carbonyl (C=O) groups is 4. The smallest absolute Gasteiger partial charge is 0.408 e. The van der Waals surface area contributed by atoms with Gasteiger partial charge in [0.2, 0.25) is 11.8 Å². The number of ether oxygens (including phenoxy) is 3. The lowest BCUT2D eigenvalue weighted by molar-refractivity contribution is -0.134. The normalized spacial score (nSPS) is 14.7. The van der Waals surface area contributed by atoms with Gasteiger partial charge in [0.15, 0.2) is 5.82 Å². The number of para-hydroxylation sites is 1. The summed E-state index contributed by atoms with van der Waals surface area (Å²) in [6.07, 6.45) is 3.93. The van der Waals surface area contributed by atoms with Crippen molar-refractivity contribution < 1.29 is 33.4 Å². The minimum Gasteiger partial charge on any atom is -0.496 e. The predicted molar refractivity (Wildman–Crippen MR) is 208 cm³/mol. The lowest BCUT2D eigenvalue weighted by Crippen LogP contribution is -2.59. The molecule has 0 bridgehead atoms. The van der Waals surface area contributed by atoms with Gasteiger partial charge in [-0.1, -0.05) is 78.9 Å². The van der Waals surface area contributed by atoms with Crippen LogP contribution in [0.25, 0.3) is 0 Å². The maximum absolute atomic E-state index is 14.3. The highest BCUT2D eigenvalue weighted by Gasteiger charge is 2.35. The van der Waals surface area contributed by atoms with Crippen molar-refractivity contribution in [1.29, 1.82) is 0 Å². The zero-order valence-corrected chi connectivity index (χ0v) is 32.4. The molecule has 1 aliphatic rings. The molecule has 2 atom stereocenters. The monoisotopic (exact) mass is 752 g/mol. The molecule has 2 heterocycles. The van der Waals surface area contributed by atoms with Crippen molar-refractivity contribution in [1.82, 2.24) is 25.1 Å². The van der Waals surface area contributed by atoms with Crippen LogP contribution in [-0.2, 0) is 30.5 Å². The summed E-state index contributed by atoms with van der Waals surface area (Å²) >= 11 is 0. The van der Waals surface area contributed by atoms with Crippen LogP contribution in [0.4, 0.5) is 10.6 Å². The maximum Gasteiger partial charge on any atom is 0.408 e. The van der Waals surface area contributed by atoms with Crippen LogP contribution < -0.4 is 20.7 Å². The Morgan fingerprint density at radius 2 is 1.51 bits per heavy atom. The molecule has 1 saturated heterocycles. The molecular formula is C42H52N6O7. The van der Waals surface area contributed by atoms with Crippen molar-refractivity contribution in [3.8, 4) is 5.75 Å². The van der Waals surface area contributed by atoms with Gasteiger partial charge in [-0.05, 0) is 76.1 Å². The minimum atomic E-state index is -1.44. The van der Waals surface area contributed by atoms with Gasteiger partial charge in [-0.2, -0.15) is 0 Å². The first-order chi connectivity index (χ1) is 26.2. The number of anilines is 1. The van der Waals surface area contributed by atoms with E-state index >= 15 is 0 Å². The van der Waals surface area contributed by atoms with Crippen LogP contribution in [0, 0.1) is 0 Å². The fourth-order valence-corrected chi connectivity index (χ4v) is 6.43. The van der Waals surface area contributed by atoms with Gasteiger partial charge in [0.05, 0.1) is 26.7 Å². The summed E-state index contributed by atoms with van der Waals surface area (Å²) in [4.78, 5) is 60.4. The van der Waals surface area contributed by atoms with Gasteiger partial charge in [0.1, 0.15) is 29.0 Å². The maximum atomic E-state index is 14.3. The van der Waals surface area contributed by atoms with E-state index < -0.39 is 41.1 Å². The summed E-state index contributed by atoms with van der Waals surface area (Å²) in [5.41, 5.74) is 0.598. The second kappa shape index (κ2) is 18.1. The minimum absolute atomic E-state index is 0.0841. The van der Waals surface area contributed by atoms with Crippen molar-refractivity contribution in [3.63, 3.8) is 0 Å². The molecule has 55 heavy (non-hydrogen) atoms. The van der Waals surface area contributed by atoms with Crippen molar-refractivity contribution in [2.75, 3.05) is 32.1 Å². The van der Waals surface area contributed by atoms with E-state index in [1.165, 1.54) is 20.2 Å². The van der Waals surface area contributed by atoms with Crippen molar-refractivity contribution in [2.45, 2.75) is 83.2 Å². The van der Waals surface area contributed by atoms with Crippen LogP contribution in [0.1, 0.15) is 76.1 Å². The summed E-state index contributed by atoms with van der Waals surface area (Å²) in [5, 5.41) is 8.08. The number of alkyl carbamates (subject to hydrolysis) is 1. The Balaban J connectivity index is 1.30. The number of methoxy groups -OCH3 is 1. The summed E-state index contributed by atoms with van der Waals surface area (Å²) in [6.45, 7) is 9.35. The number of aromatic nitrogens is 2. The van der Waals surface area contributed by atoms with Gasteiger partial charge >= 0.3 is 6.09 Å². The van der Waals surface area contributed by atoms with Crippen LogP contribution >= 0.6 is 0 Å². The zero-order chi connectivity index (χ0) is 39.6. The number of likely N-dealkylation sites (tertiary alicyclic amines) is 1. The highest BCUT2D eigenvalue weighted by atomic mass is 16.6. The van der Waals surface area contributed by atoms with E-state index in [0.717, 1.165) is 35.3 Å². The SMILES string of the molecule is COc1ccccc1C1CCN(C(=O)C(c2ccccc2)n2cnc(NC(=O)C(COCc3ccccc3)NC(=O)C(C)(C)NC(=O)OC(C)(C)C)c2)CC1. The zero-order valence-electron chi connectivity index (χ0n) is 32.4. The molecule has 4 amide bonds. The average molecular weight is 753 g/mol. The van der Waals surface area contributed by atoms with Crippen molar-refractivity contribution in [2.24, 2.45) is 0 Å². The van der Waals surface area contributed by atoms with Crippen LogP contribution in [0.2, 0.25) is 0 Å². The first kappa shape index (κ1) is 40.5. The molecule has 4 aromatic rings. The highest BCUT2D eigenvalue weighted by Crippen LogP contribution is 2.35. The number of benzene rings is 3. The van der Waals surface area contributed by atoms with Crippen LogP contribution in [-0.4, -0.2) is 82.3 Å². The van der Waals surface area contributed by atoms with Gasteiger partial charge < -0.3 is 39.6 Å². The Kier molecular flexibility index (Phi) is 13.3. The summed E-state index contributed by atoms with van der Waals surface area (Å²) in [5.74, 6) is 0.000799. The van der Waals surface area contributed by atoms with E-state index in [1.54, 1.807) is 38.6 Å². The number of piperidine rings is 1. The molecular weight excluding hydrogens is 700 g/mol. The van der Waals surface area contributed by atoms with E-state index in [4.69, 9.17) is 14.2 Å². The molecule has 0 radical (unpaired) electrons. The standard InChI is InChI=1S/C42H52N6O7/c1-41(2,3)55-40(52)46-42(4,5)39(51)44-33(27-54-26-29-15-9-7-10-16-29)37(49)45-35-25-48(28-43-35)36(31-17-11-8-12-18-31)38(50)47-23-21-30(22-24-47)32-19-13-14-20-34(32)53-6/h7-20,25,28,30,33,36H,21-24,26-27H2,1-6H3,(H,44,51)(H,45,49)(H,46,52). The van der Waals surface area contributed by atoms with Crippen molar-refractivity contribution >= 4 is 29.6 Å². The molecule has 13 heteroatoms. The third kappa shape index (κ3) is 11.2. The van der Waals surface area contributed by atoms with Crippen LogP contribution in [0.3, 0.4) is 0 Å². The molecule has 0 aliphatic carbocycles. The van der Waals surface area contributed by atoms with Crippen molar-refractivity contribution in [3.05, 3.63) is 114 Å². The molecule has 292 valence electrons. The largest absolute Gasteiger partial charge is 0.496 e. The van der Waals surface area contributed by atoms with E-state index in [9.17, 15) is 19.2 Å². The Hall–Kier alpha value is -5.69. The number of amides is 4. The van der Waals surface area contributed by atoms with E-state index in [2.05, 4.69) is 27.0 Å². The lowest BCUT2D eigenvalue weighted by Gasteiger charge is -2.35. The molecule has 3 N–H and O–H groups in total. The van der Waals surface area contributed by atoms with Crippen LogP contribution in [0.15, 0.2) is 97.5 Å². The predicted octanol–water partition coefficient (Wildman–Crippen LogP) is 5.83. The van der Waals surface area contributed by atoms with E-state index in [0.29, 0.717) is 13.1 Å². The summed E-state index contributed by atoms with van der Waals surface area (Å²) in [7, 11) is 1.67. The van der Waals surface area contributed by atoms with Gasteiger partial charge in [-0.3, -0.25) is 14.4 Å².